The molecule has 0 spiro atoms. The molecule has 17 heavy (non-hydrogen) atoms. The zero-order chi connectivity index (χ0) is 12.5. The number of hydrogen-bond donors (Lipinski definition) is 0. The van der Waals surface area contributed by atoms with Gasteiger partial charge in [0.05, 0.1) is 18.1 Å². The van der Waals surface area contributed by atoms with Crippen molar-refractivity contribution in [2.24, 2.45) is 0 Å². The normalized spacial score (nSPS) is 16.4. The Morgan fingerprint density at radius 1 is 1.29 bits per heavy atom. The molecule has 0 bridgehead atoms. The fourth-order valence-electron chi connectivity index (χ4n) is 1.57. The first-order valence-corrected chi connectivity index (χ1v) is 7.61. The molecule has 94 valence electrons. The molecule has 1 aliphatic carbocycles. The molecule has 0 atom stereocenters. The number of methoxy groups -OCH3 is 1. The Labute approximate surface area is 105 Å². The molecule has 0 unspecified atom stereocenters. The second-order valence-electron chi connectivity index (χ2n) is 3.92. The summed E-state index contributed by atoms with van der Waals surface area (Å²) in [7, 11) is 2.99. The molecule has 0 amide bonds. The topological polar surface area (TPSA) is 52.6 Å². The second-order valence-corrected chi connectivity index (χ2v) is 6.49. The number of ether oxygens (including phenoxy) is 2. The van der Waals surface area contributed by atoms with Crippen LogP contribution in [0.15, 0.2) is 23.1 Å². The Morgan fingerprint density at radius 2 is 2.00 bits per heavy atom. The Morgan fingerprint density at radius 3 is 2.47 bits per heavy atom. The highest BCUT2D eigenvalue weighted by Crippen LogP contribution is 2.34. The molecule has 1 saturated carbocycles. The third kappa shape index (κ3) is 2.84. The van der Waals surface area contributed by atoms with Crippen molar-refractivity contribution in [2.75, 3.05) is 7.11 Å². The van der Waals surface area contributed by atoms with Crippen molar-refractivity contribution in [1.29, 1.82) is 0 Å². The van der Waals surface area contributed by atoms with Crippen LogP contribution in [0.5, 0.6) is 11.5 Å². The molecule has 1 aromatic carbocycles. The summed E-state index contributed by atoms with van der Waals surface area (Å²) in [5.41, 5.74) is 0. The van der Waals surface area contributed by atoms with Crippen LogP contribution in [0.2, 0.25) is 0 Å². The van der Waals surface area contributed by atoms with Crippen molar-refractivity contribution < 1.29 is 17.9 Å². The smallest absolute Gasteiger partial charge is 0.261 e. The number of halogens is 1. The van der Waals surface area contributed by atoms with Crippen molar-refractivity contribution in [3.05, 3.63) is 18.2 Å². The fraction of sp³-hybridized carbons (Fsp3) is 0.455. The maximum absolute atomic E-state index is 11.2. The highest BCUT2D eigenvalue weighted by Gasteiger charge is 2.21. The van der Waals surface area contributed by atoms with Gasteiger partial charge in [0.25, 0.3) is 9.05 Å². The summed E-state index contributed by atoms with van der Waals surface area (Å²) in [6.07, 6.45) is 3.43. The van der Waals surface area contributed by atoms with E-state index in [2.05, 4.69) is 0 Å². The van der Waals surface area contributed by atoms with Crippen LogP contribution >= 0.6 is 10.7 Å². The third-order valence-corrected chi connectivity index (χ3v) is 4.11. The first-order chi connectivity index (χ1) is 8.00. The third-order valence-electron chi connectivity index (χ3n) is 2.76. The van der Waals surface area contributed by atoms with Crippen LogP contribution in [0.25, 0.3) is 0 Å². The van der Waals surface area contributed by atoms with E-state index in [0.717, 1.165) is 12.8 Å². The van der Waals surface area contributed by atoms with Gasteiger partial charge in [-0.1, -0.05) is 0 Å². The lowest BCUT2D eigenvalue weighted by Gasteiger charge is -2.27. The quantitative estimate of drug-likeness (QED) is 0.793. The lowest BCUT2D eigenvalue weighted by Crippen LogP contribution is -2.24. The van der Waals surface area contributed by atoms with Gasteiger partial charge in [-0.15, -0.1) is 0 Å². The van der Waals surface area contributed by atoms with Gasteiger partial charge in [-0.3, -0.25) is 0 Å². The van der Waals surface area contributed by atoms with Crippen molar-refractivity contribution in [2.45, 2.75) is 30.3 Å². The lowest BCUT2D eigenvalue weighted by atomic mass is 9.96. The summed E-state index contributed by atoms with van der Waals surface area (Å²) in [4.78, 5) is 0.0111. The van der Waals surface area contributed by atoms with E-state index < -0.39 is 9.05 Å². The standard InChI is InChI=1S/C11H13ClO4S/c1-15-11-7-9(17(12,13)14)5-6-10(11)16-8-3-2-4-8/h5-8H,2-4H2,1H3. The lowest BCUT2D eigenvalue weighted by molar-refractivity contribution is 0.116. The van der Waals surface area contributed by atoms with Crippen LogP contribution in [0.3, 0.4) is 0 Å². The molecule has 6 heteroatoms. The van der Waals surface area contributed by atoms with Gasteiger partial charge < -0.3 is 9.47 Å². The van der Waals surface area contributed by atoms with E-state index in [1.807, 2.05) is 0 Å². The summed E-state index contributed by atoms with van der Waals surface area (Å²) in [6, 6.07) is 4.36. The van der Waals surface area contributed by atoms with Crippen LogP contribution in [0.4, 0.5) is 0 Å². The molecule has 0 radical (unpaired) electrons. The summed E-state index contributed by atoms with van der Waals surface area (Å²) in [5, 5.41) is 0. The van der Waals surface area contributed by atoms with Gasteiger partial charge in [-0.05, 0) is 31.4 Å². The van der Waals surface area contributed by atoms with E-state index in [4.69, 9.17) is 20.2 Å². The van der Waals surface area contributed by atoms with Crippen LogP contribution in [-0.2, 0) is 9.05 Å². The van der Waals surface area contributed by atoms with Gasteiger partial charge in [-0.2, -0.15) is 0 Å². The molecule has 1 aromatic rings. The monoisotopic (exact) mass is 276 g/mol. The molecule has 0 saturated heterocycles. The summed E-state index contributed by atoms with van der Waals surface area (Å²) < 4.78 is 33.1. The van der Waals surface area contributed by atoms with Crippen LogP contribution in [0, 0.1) is 0 Å². The molecule has 4 nitrogen and oxygen atoms in total. The van der Waals surface area contributed by atoms with Crippen molar-refractivity contribution in [1.82, 2.24) is 0 Å². The molecule has 0 heterocycles. The van der Waals surface area contributed by atoms with Crippen LogP contribution in [0.1, 0.15) is 19.3 Å². The van der Waals surface area contributed by atoms with E-state index in [1.54, 1.807) is 6.07 Å². The van der Waals surface area contributed by atoms with E-state index in [1.165, 1.54) is 25.7 Å². The maximum Gasteiger partial charge on any atom is 0.261 e. The molecule has 0 aromatic heterocycles. The zero-order valence-electron chi connectivity index (χ0n) is 9.35. The summed E-state index contributed by atoms with van der Waals surface area (Å²) in [6.45, 7) is 0. The van der Waals surface area contributed by atoms with Crippen molar-refractivity contribution >= 4 is 19.7 Å². The van der Waals surface area contributed by atoms with Crippen LogP contribution < -0.4 is 9.47 Å². The molecule has 1 fully saturated rings. The minimum absolute atomic E-state index is 0.0111. The SMILES string of the molecule is COc1cc(S(=O)(=O)Cl)ccc1OC1CCC1. The van der Waals surface area contributed by atoms with Crippen LogP contribution in [-0.4, -0.2) is 21.6 Å². The van der Waals surface area contributed by atoms with Gasteiger partial charge in [0, 0.05) is 16.7 Å². The molecular weight excluding hydrogens is 264 g/mol. The minimum atomic E-state index is -3.74. The molecular formula is C11H13ClO4S. The number of hydrogen-bond acceptors (Lipinski definition) is 4. The Balaban J connectivity index is 2.27. The Bertz CT molecular complexity index is 508. The molecule has 0 aliphatic heterocycles. The maximum atomic E-state index is 11.2. The largest absolute Gasteiger partial charge is 0.493 e. The Kier molecular flexibility index (Phi) is 3.49. The first-order valence-electron chi connectivity index (χ1n) is 5.30. The highest BCUT2D eigenvalue weighted by molar-refractivity contribution is 8.13. The molecule has 2 rings (SSSR count). The average molecular weight is 277 g/mol. The van der Waals surface area contributed by atoms with E-state index in [9.17, 15) is 8.42 Å². The summed E-state index contributed by atoms with van der Waals surface area (Å²) >= 11 is 0. The van der Waals surface area contributed by atoms with Crippen molar-refractivity contribution in [3.8, 4) is 11.5 Å². The van der Waals surface area contributed by atoms with Gasteiger partial charge in [0.15, 0.2) is 11.5 Å². The molecule has 0 N–H and O–H groups in total. The first kappa shape index (κ1) is 12.5. The summed E-state index contributed by atoms with van der Waals surface area (Å²) in [5.74, 6) is 0.944. The number of rotatable bonds is 4. The predicted octanol–water partition coefficient (Wildman–Crippen LogP) is 2.55. The average Bonchev–Trinajstić information content (AvgIpc) is 2.22. The van der Waals surface area contributed by atoms with E-state index in [-0.39, 0.29) is 11.0 Å². The highest BCUT2D eigenvalue weighted by atomic mass is 35.7. The Hall–Kier alpha value is -0.940. The minimum Gasteiger partial charge on any atom is -0.493 e. The second kappa shape index (κ2) is 4.74. The van der Waals surface area contributed by atoms with Gasteiger partial charge in [-0.25, -0.2) is 8.42 Å². The van der Waals surface area contributed by atoms with Crippen molar-refractivity contribution in [3.63, 3.8) is 0 Å². The van der Waals surface area contributed by atoms with Gasteiger partial charge in [0.2, 0.25) is 0 Å². The molecule has 1 aliphatic rings. The van der Waals surface area contributed by atoms with E-state index >= 15 is 0 Å². The number of benzene rings is 1. The fourth-order valence-corrected chi connectivity index (χ4v) is 2.33. The van der Waals surface area contributed by atoms with Gasteiger partial charge in [0.1, 0.15) is 0 Å². The zero-order valence-corrected chi connectivity index (χ0v) is 10.9. The van der Waals surface area contributed by atoms with E-state index in [0.29, 0.717) is 11.5 Å². The predicted molar refractivity (Wildman–Crippen MR) is 64.3 cm³/mol. The van der Waals surface area contributed by atoms with Gasteiger partial charge >= 0.3 is 0 Å².